The Hall–Kier alpha value is -2.14. The van der Waals surface area contributed by atoms with Crippen LogP contribution in [0.25, 0.3) is 0 Å². The van der Waals surface area contributed by atoms with Crippen molar-refractivity contribution in [3.63, 3.8) is 0 Å². The smallest absolute Gasteiger partial charge is 0.235 e. The monoisotopic (exact) mass is 290 g/mol. The van der Waals surface area contributed by atoms with Gasteiger partial charge in [-0.1, -0.05) is 23.7 Å². The Labute approximate surface area is 122 Å². The van der Waals surface area contributed by atoms with Gasteiger partial charge in [0.25, 0.3) is 0 Å². The number of nitrogens with zero attached hydrogens (tertiary/aromatic N) is 2. The number of rotatable bonds is 3. The minimum absolute atomic E-state index is 0.183. The number of hydrogen-bond acceptors (Lipinski definition) is 4. The Bertz CT molecular complexity index is 625. The summed E-state index contributed by atoms with van der Waals surface area (Å²) >= 11 is 5.76. The largest absolute Gasteiger partial charge is 0.399 e. The van der Waals surface area contributed by atoms with Gasteiger partial charge in [0.1, 0.15) is 17.3 Å². The molecule has 0 saturated heterocycles. The summed E-state index contributed by atoms with van der Waals surface area (Å²) in [5.74, 6) is 0.190. The molecule has 1 aromatic carbocycles. The van der Waals surface area contributed by atoms with Crippen LogP contribution in [0.1, 0.15) is 19.4 Å². The van der Waals surface area contributed by atoms with Crippen molar-refractivity contribution >= 4 is 29.0 Å². The average Bonchev–Trinajstić information content (AvgIpc) is 2.39. The normalized spacial score (nSPS) is 11.2. The lowest BCUT2D eigenvalue weighted by Crippen LogP contribution is -2.35. The zero-order valence-corrected chi connectivity index (χ0v) is 12.0. The highest BCUT2D eigenvalue weighted by Gasteiger charge is 2.30. The van der Waals surface area contributed by atoms with Crippen molar-refractivity contribution in [3.8, 4) is 0 Å². The van der Waals surface area contributed by atoms with Crippen molar-refractivity contribution in [2.45, 2.75) is 19.3 Å². The standard InChI is InChI=1S/C14H15ClN4O/c1-14(2,9-3-5-10(16)6-4-9)13(20)19-12-7-11(15)17-8-18-12/h3-8H,16H2,1-2H3,(H,17,18,19,20). The van der Waals surface area contributed by atoms with E-state index in [9.17, 15) is 4.79 Å². The Morgan fingerprint density at radius 1 is 1.25 bits per heavy atom. The Kier molecular flexibility index (Phi) is 3.90. The van der Waals surface area contributed by atoms with Gasteiger partial charge in [-0.25, -0.2) is 9.97 Å². The van der Waals surface area contributed by atoms with Crippen LogP contribution in [-0.2, 0) is 10.2 Å². The number of carbonyl (C=O) groups excluding carboxylic acids is 1. The number of nitrogen functional groups attached to an aromatic ring is 1. The van der Waals surface area contributed by atoms with Crippen LogP contribution >= 0.6 is 11.6 Å². The Morgan fingerprint density at radius 2 is 1.90 bits per heavy atom. The molecule has 0 atom stereocenters. The third kappa shape index (κ3) is 3.05. The quantitative estimate of drug-likeness (QED) is 0.672. The molecule has 0 radical (unpaired) electrons. The molecule has 3 N–H and O–H groups in total. The van der Waals surface area contributed by atoms with E-state index in [1.807, 2.05) is 26.0 Å². The number of carbonyl (C=O) groups is 1. The maximum absolute atomic E-state index is 12.4. The van der Waals surface area contributed by atoms with Crippen molar-refractivity contribution in [3.05, 3.63) is 47.4 Å². The van der Waals surface area contributed by atoms with E-state index >= 15 is 0 Å². The first-order valence-corrected chi connectivity index (χ1v) is 6.42. The fourth-order valence-corrected chi connectivity index (χ4v) is 1.85. The first kappa shape index (κ1) is 14.3. The van der Waals surface area contributed by atoms with Gasteiger partial charge in [-0.2, -0.15) is 0 Å². The molecule has 0 fully saturated rings. The molecule has 1 amide bonds. The van der Waals surface area contributed by atoms with Crippen molar-refractivity contribution in [1.82, 2.24) is 9.97 Å². The number of hydrogen-bond donors (Lipinski definition) is 2. The van der Waals surface area contributed by atoms with Crippen LogP contribution in [0.4, 0.5) is 11.5 Å². The molecule has 2 rings (SSSR count). The van der Waals surface area contributed by atoms with Gasteiger partial charge < -0.3 is 11.1 Å². The maximum Gasteiger partial charge on any atom is 0.235 e. The molecule has 0 aliphatic heterocycles. The Balaban J connectivity index is 2.21. The van der Waals surface area contributed by atoms with Gasteiger partial charge in [0, 0.05) is 11.8 Å². The summed E-state index contributed by atoms with van der Waals surface area (Å²) in [5, 5.41) is 3.01. The number of anilines is 2. The molecular formula is C14H15ClN4O. The summed E-state index contributed by atoms with van der Waals surface area (Å²) in [6.07, 6.45) is 1.30. The van der Waals surface area contributed by atoms with Gasteiger partial charge in [-0.15, -0.1) is 0 Å². The van der Waals surface area contributed by atoms with Gasteiger partial charge in [0.05, 0.1) is 5.41 Å². The minimum atomic E-state index is -0.717. The van der Waals surface area contributed by atoms with Crippen molar-refractivity contribution in [1.29, 1.82) is 0 Å². The summed E-state index contributed by atoms with van der Waals surface area (Å²) < 4.78 is 0. The molecule has 0 aliphatic carbocycles. The Morgan fingerprint density at radius 3 is 2.50 bits per heavy atom. The van der Waals surface area contributed by atoms with Gasteiger partial charge >= 0.3 is 0 Å². The zero-order valence-electron chi connectivity index (χ0n) is 11.2. The highest BCUT2D eigenvalue weighted by Crippen LogP contribution is 2.25. The second-order valence-corrected chi connectivity index (χ2v) is 5.31. The van der Waals surface area contributed by atoms with Crippen LogP contribution in [-0.4, -0.2) is 15.9 Å². The maximum atomic E-state index is 12.4. The van der Waals surface area contributed by atoms with E-state index in [2.05, 4.69) is 15.3 Å². The second kappa shape index (κ2) is 5.46. The molecule has 5 nitrogen and oxygen atoms in total. The molecule has 1 aromatic heterocycles. The molecule has 0 saturated carbocycles. The van der Waals surface area contributed by atoms with Crippen molar-refractivity contribution in [2.24, 2.45) is 0 Å². The van der Waals surface area contributed by atoms with Gasteiger partial charge in [0.15, 0.2) is 0 Å². The van der Waals surface area contributed by atoms with E-state index in [-0.39, 0.29) is 11.1 Å². The third-order valence-electron chi connectivity index (χ3n) is 3.08. The summed E-state index contributed by atoms with van der Waals surface area (Å²) in [7, 11) is 0. The predicted octanol–water partition coefficient (Wildman–Crippen LogP) is 2.63. The average molecular weight is 291 g/mol. The van der Waals surface area contributed by atoms with Crippen LogP contribution in [0.5, 0.6) is 0 Å². The molecule has 0 unspecified atom stereocenters. The molecule has 20 heavy (non-hydrogen) atoms. The van der Waals surface area contributed by atoms with Crippen LogP contribution in [0, 0.1) is 0 Å². The lowest BCUT2D eigenvalue weighted by atomic mass is 9.83. The second-order valence-electron chi connectivity index (χ2n) is 4.93. The number of amides is 1. The fraction of sp³-hybridized carbons (Fsp3) is 0.214. The molecular weight excluding hydrogens is 276 g/mol. The summed E-state index contributed by atoms with van der Waals surface area (Å²) in [5.41, 5.74) is 6.46. The van der Waals surface area contributed by atoms with E-state index in [0.717, 1.165) is 5.56 Å². The third-order valence-corrected chi connectivity index (χ3v) is 3.28. The summed E-state index contributed by atoms with van der Waals surface area (Å²) in [6, 6.07) is 8.71. The zero-order chi connectivity index (χ0) is 14.8. The van der Waals surface area contributed by atoms with Crippen LogP contribution in [0.3, 0.4) is 0 Å². The predicted molar refractivity (Wildman–Crippen MR) is 79.6 cm³/mol. The van der Waals surface area contributed by atoms with Crippen LogP contribution < -0.4 is 11.1 Å². The van der Waals surface area contributed by atoms with E-state index in [1.165, 1.54) is 12.4 Å². The first-order chi connectivity index (χ1) is 9.39. The molecule has 2 aromatic rings. The fourth-order valence-electron chi connectivity index (χ4n) is 1.71. The number of benzene rings is 1. The summed E-state index contributed by atoms with van der Waals surface area (Å²) in [4.78, 5) is 20.1. The number of halogens is 1. The molecule has 1 heterocycles. The van der Waals surface area contributed by atoms with Crippen LogP contribution in [0.2, 0.25) is 5.15 Å². The van der Waals surface area contributed by atoms with E-state index in [4.69, 9.17) is 17.3 Å². The van der Waals surface area contributed by atoms with Gasteiger partial charge in [-0.3, -0.25) is 4.79 Å². The molecule has 0 aliphatic rings. The van der Waals surface area contributed by atoms with Crippen molar-refractivity contribution < 1.29 is 4.79 Å². The number of nitrogens with one attached hydrogen (secondary N) is 1. The topological polar surface area (TPSA) is 80.9 Å². The number of nitrogens with two attached hydrogens (primary N) is 1. The molecule has 0 spiro atoms. The highest BCUT2D eigenvalue weighted by atomic mass is 35.5. The van der Waals surface area contributed by atoms with E-state index in [0.29, 0.717) is 11.5 Å². The molecule has 6 heteroatoms. The van der Waals surface area contributed by atoms with E-state index < -0.39 is 5.41 Å². The van der Waals surface area contributed by atoms with E-state index in [1.54, 1.807) is 12.1 Å². The highest BCUT2D eigenvalue weighted by molar-refractivity contribution is 6.29. The first-order valence-electron chi connectivity index (χ1n) is 6.04. The summed E-state index contributed by atoms with van der Waals surface area (Å²) in [6.45, 7) is 3.66. The lowest BCUT2D eigenvalue weighted by molar-refractivity contribution is -0.120. The minimum Gasteiger partial charge on any atom is -0.399 e. The molecule has 0 bridgehead atoms. The van der Waals surface area contributed by atoms with Gasteiger partial charge in [0.2, 0.25) is 5.91 Å². The molecule has 104 valence electrons. The van der Waals surface area contributed by atoms with Crippen molar-refractivity contribution in [2.75, 3.05) is 11.1 Å². The van der Waals surface area contributed by atoms with Gasteiger partial charge in [-0.05, 0) is 31.5 Å². The SMILES string of the molecule is CC(C)(C(=O)Nc1cc(Cl)ncn1)c1ccc(N)cc1. The lowest BCUT2D eigenvalue weighted by Gasteiger charge is -2.24. The van der Waals surface area contributed by atoms with Crippen LogP contribution in [0.15, 0.2) is 36.7 Å². The number of aromatic nitrogens is 2.